The van der Waals surface area contributed by atoms with Crippen molar-refractivity contribution < 1.29 is 8.42 Å². The molecule has 0 atom stereocenters. The van der Waals surface area contributed by atoms with Gasteiger partial charge in [-0.1, -0.05) is 0 Å². The van der Waals surface area contributed by atoms with Crippen LogP contribution in [-0.2, 0) is 16.6 Å². The predicted octanol–water partition coefficient (Wildman–Crippen LogP) is 0.463. The van der Waals surface area contributed by atoms with Crippen molar-refractivity contribution in [3.8, 4) is 6.07 Å². The van der Waals surface area contributed by atoms with E-state index in [2.05, 4.69) is 19.9 Å². The van der Waals surface area contributed by atoms with Crippen molar-refractivity contribution in [3.05, 3.63) is 41.5 Å². The summed E-state index contributed by atoms with van der Waals surface area (Å²) in [5.74, 6) is 0. The lowest BCUT2D eigenvalue weighted by Gasteiger charge is -2.06. The fraction of sp³-hybridized carbons (Fsp3) is 0.182. The minimum Gasteiger partial charge on any atom is -0.283 e. The van der Waals surface area contributed by atoms with Crippen LogP contribution in [0.2, 0.25) is 0 Å². The number of pyridine rings is 1. The van der Waals surface area contributed by atoms with Gasteiger partial charge in [-0.2, -0.15) is 10.4 Å². The van der Waals surface area contributed by atoms with Crippen LogP contribution in [-0.4, -0.2) is 23.6 Å². The summed E-state index contributed by atoms with van der Waals surface area (Å²) in [6, 6.07) is 4.57. The van der Waals surface area contributed by atoms with Gasteiger partial charge in [0, 0.05) is 24.0 Å². The minimum absolute atomic E-state index is 0.102. The average Bonchev–Trinajstić information content (AvgIpc) is 2.82. The van der Waals surface area contributed by atoms with Gasteiger partial charge in [0.2, 0.25) is 10.0 Å². The van der Waals surface area contributed by atoms with Crippen LogP contribution in [0.1, 0.15) is 17.0 Å². The van der Waals surface area contributed by atoms with E-state index in [0.717, 1.165) is 11.3 Å². The van der Waals surface area contributed by atoms with Crippen LogP contribution in [0.5, 0.6) is 0 Å². The Morgan fingerprint density at radius 3 is 2.95 bits per heavy atom. The molecule has 0 unspecified atom stereocenters. The van der Waals surface area contributed by atoms with E-state index in [9.17, 15) is 8.42 Å². The second-order valence-electron chi connectivity index (χ2n) is 3.81. The Hall–Kier alpha value is -2.24. The quantitative estimate of drug-likeness (QED) is 0.843. The fourth-order valence-corrected chi connectivity index (χ4v) is 2.61. The van der Waals surface area contributed by atoms with Gasteiger partial charge in [0.25, 0.3) is 0 Å². The Bertz CT molecular complexity index is 730. The monoisotopic (exact) mass is 277 g/mol. The molecule has 8 heteroatoms. The molecule has 2 aromatic heterocycles. The van der Waals surface area contributed by atoms with E-state index in [1.54, 1.807) is 19.2 Å². The summed E-state index contributed by atoms with van der Waals surface area (Å²) in [7, 11) is -3.77. The first-order valence-corrected chi connectivity index (χ1v) is 6.86. The molecule has 0 amide bonds. The lowest BCUT2D eigenvalue weighted by Crippen LogP contribution is -2.24. The van der Waals surface area contributed by atoms with Crippen LogP contribution in [0.3, 0.4) is 0 Å². The standard InChI is InChI=1S/C11H11N5O2S/c1-8-9(6-14-16-8)7-15-19(17,18)11-3-2-4-13-10(11)5-12/h2-4,6,15H,7H2,1H3,(H,14,16). The SMILES string of the molecule is Cc1[nH]ncc1CNS(=O)(=O)c1cccnc1C#N. The number of aromatic nitrogens is 3. The smallest absolute Gasteiger partial charge is 0.243 e. The molecule has 7 nitrogen and oxygen atoms in total. The maximum absolute atomic E-state index is 12.1. The topological polar surface area (TPSA) is 112 Å². The van der Waals surface area contributed by atoms with Gasteiger partial charge in [-0.3, -0.25) is 5.10 Å². The molecule has 0 saturated carbocycles. The van der Waals surface area contributed by atoms with Gasteiger partial charge in [-0.25, -0.2) is 18.1 Å². The number of aromatic amines is 1. The van der Waals surface area contributed by atoms with Crippen molar-refractivity contribution in [2.24, 2.45) is 0 Å². The van der Waals surface area contributed by atoms with Gasteiger partial charge < -0.3 is 0 Å². The van der Waals surface area contributed by atoms with Gasteiger partial charge in [0.05, 0.1) is 6.20 Å². The van der Waals surface area contributed by atoms with Crippen LogP contribution < -0.4 is 4.72 Å². The largest absolute Gasteiger partial charge is 0.283 e. The number of rotatable bonds is 4. The van der Waals surface area contributed by atoms with Gasteiger partial charge in [-0.05, 0) is 19.1 Å². The van der Waals surface area contributed by atoms with Crippen molar-refractivity contribution in [2.75, 3.05) is 0 Å². The van der Waals surface area contributed by atoms with E-state index >= 15 is 0 Å². The molecule has 0 bridgehead atoms. The van der Waals surface area contributed by atoms with Crippen molar-refractivity contribution in [2.45, 2.75) is 18.4 Å². The molecule has 98 valence electrons. The van der Waals surface area contributed by atoms with Crippen molar-refractivity contribution >= 4 is 10.0 Å². The maximum atomic E-state index is 12.1. The van der Waals surface area contributed by atoms with E-state index in [1.165, 1.54) is 18.3 Å². The molecule has 0 aliphatic rings. The summed E-state index contributed by atoms with van der Waals surface area (Å²) in [5, 5.41) is 15.4. The lowest BCUT2D eigenvalue weighted by atomic mass is 10.3. The molecule has 2 aromatic rings. The van der Waals surface area contributed by atoms with E-state index in [4.69, 9.17) is 5.26 Å². The third-order valence-electron chi connectivity index (χ3n) is 2.55. The summed E-state index contributed by atoms with van der Waals surface area (Å²) in [6.45, 7) is 1.89. The van der Waals surface area contributed by atoms with Crippen LogP contribution in [0.15, 0.2) is 29.4 Å². The first kappa shape index (κ1) is 13.2. The Kier molecular flexibility index (Phi) is 3.59. The predicted molar refractivity (Wildman–Crippen MR) is 66.3 cm³/mol. The molecule has 0 radical (unpaired) electrons. The molecule has 2 heterocycles. The molecule has 0 aliphatic heterocycles. The van der Waals surface area contributed by atoms with Crippen LogP contribution in [0.25, 0.3) is 0 Å². The molecule has 0 aromatic carbocycles. The molecule has 0 fully saturated rings. The molecular weight excluding hydrogens is 266 g/mol. The zero-order chi connectivity index (χ0) is 13.9. The maximum Gasteiger partial charge on any atom is 0.243 e. The highest BCUT2D eigenvalue weighted by Gasteiger charge is 2.19. The Morgan fingerprint density at radius 2 is 2.32 bits per heavy atom. The number of hydrogen-bond acceptors (Lipinski definition) is 5. The summed E-state index contributed by atoms with van der Waals surface area (Å²) in [4.78, 5) is 3.60. The highest BCUT2D eigenvalue weighted by atomic mass is 32.2. The first-order chi connectivity index (χ1) is 9.04. The minimum atomic E-state index is -3.77. The van der Waals surface area contributed by atoms with E-state index < -0.39 is 10.0 Å². The summed E-state index contributed by atoms with van der Waals surface area (Å²) < 4.78 is 26.6. The summed E-state index contributed by atoms with van der Waals surface area (Å²) in [6.07, 6.45) is 2.92. The third kappa shape index (κ3) is 2.78. The van der Waals surface area contributed by atoms with Crippen molar-refractivity contribution in [1.82, 2.24) is 19.9 Å². The Labute approximate surface area is 110 Å². The molecule has 19 heavy (non-hydrogen) atoms. The number of H-pyrrole nitrogens is 1. The van der Waals surface area contributed by atoms with Crippen LogP contribution in [0.4, 0.5) is 0 Å². The number of hydrogen-bond donors (Lipinski definition) is 2. The summed E-state index contributed by atoms with van der Waals surface area (Å²) >= 11 is 0. The van der Waals surface area contributed by atoms with Crippen molar-refractivity contribution in [3.63, 3.8) is 0 Å². The third-order valence-corrected chi connectivity index (χ3v) is 3.99. The van der Waals surface area contributed by atoms with Gasteiger partial charge in [0.15, 0.2) is 5.69 Å². The zero-order valence-corrected chi connectivity index (χ0v) is 10.9. The number of sulfonamides is 1. The summed E-state index contributed by atoms with van der Waals surface area (Å²) in [5.41, 5.74) is 1.40. The van der Waals surface area contributed by atoms with Gasteiger partial charge in [0.1, 0.15) is 11.0 Å². The Balaban J connectivity index is 2.24. The normalized spacial score (nSPS) is 11.2. The number of nitrogens with zero attached hydrogens (tertiary/aromatic N) is 3. The van der Waals surface area contributed by atoms with Gasteiger partial charge >= 0.3 is 0 Å². The van der Waals surface area contributed by atoms with Crippen LogP contribution in [0, 0.1) is 18.3 Å². The van der Waals surface area contributed by atoms with E-state index in [0.29, 0.717) is 0 Å². The van der Waals surface area contributed by atoms with Crippen molar-refractivity contribution in [1.29, 1.82) is 5.26 Å². The first-order valence-electron chi connectivity index (χ1n) is 5.38. The lowest BCUT2D eigenvalue weighted by molar-refractivity contribution is 0.580. The van der Waals surface area contributed by atoms with Gasteiger partial charge in [-0.15, -0.1) is 0 Å². The number of nitrogens with one attached hydrogen (secondary N) is 2. The molecule has 0 aliphatic carbocycles. The molecular formula is C11H11N5O2S. The molecule has 0 saturated heterocycles. The average molecular weight is 277 g/mol. The van der Waals surface area contributed by atoms with E-state index in [-0.39, 0.29) is 17.1 Å². The molecule has 2 N–H and O–H groups in total. The second-order valence-corrected chi connectivity index (χ2v) is 5.54. The number of aryl methyl sites for hydroxylation is 1. The Morgan fingerprint density at radius 1 is 1.53 bits per heavy atom. The fourth-order valence-electron chi connectivity index (χ4n) is 1.50. The highest BCUT2D eigenvalue weighted by molar-refractivity contribution is 7.89. The molecule has 0 spiro atoms. The molecule has 2 rings (SSSR count). The number of nitriles is 1. The second kappa shape index (κ2) is 5.17. The van der Waals surface area contributed by atoms with E-state index in [1.807, 2.05) is 0 Å². The van der Waals surface area contributed by atoms with Crippen LogP contribution >= 0.6 is 0 Å². The highest BCUT2D eigenvalue weighted by Crippen LogP contribution is 2.12. The zero-order valence-electron chi connectivity index (χ0n) is 10.1.